The normalized spacial score (nSPS) is 11.6. The molecule has 0 aromatic carbocycles. The van der Waals surface area contributed by atoms with E-state index in [0.29, 0.717) is 19.9 Å². The van der Waals surface area contributed by atoms with Crippen LogP contribution in [0, 0.1) is 0 Å². The molecule has 4 nitrogen and oxygen atoms in total. The average molecular weight is 204 g/mol. The molecule has 0 aliphatic carbocycles. The topological polar surface area (TPSA) is 24.9 Å². The van der Waals surface area contributed by atoms with Gasteiger partial charge in [-0.1, -0.05) is 20.8 Å². The first-order valence-corrected chi connectivity index (χ1v) is 5.36. The van der Waals surface area contributed by atoms with Gasteiger partial charge in [0.05, 0.1) is 13.2 Å². The molecule has 0 aliphatic heterocycles. The highest BCUT2D eigenvalue weighted by Crippen LogP contribution is 1.97. The molecule has 0 aromatic heterocycles. The van der Waals surface area contributed by atoms with E-state index >= 15 is 0 Å². The van der Waals surface area contributed by atoms with Crippen molar-refractivity contribution in [2.24, 2.45) is 0 Å². The van der Waals surface area contributed by atoms with Crippen molar-refractivity contribution in [1.82, 2.24) is 10.0 Å². The van der Waals surface area contributed by atoms with Crippen molar-refractivity contribution in [1.29, 1.82) is 0 Å². The zero-order valence-corrected chi connectivity index (χ0v) is 9.95. The molecule has 0 atom stereocenters. The van der Waals surface area contributed by atoms with E-state index < -0.39 is 0 Å². The lowest BCUT2D eigenvalue weighted by Gasteiger charge is -2.31. The minimum Gasteiger partial charge on any atom is -0.382 e. The fourth-order valence-electron chi connectivity index (χ4n) is 1.31. The van der Waals surface area contributed by atoms with Gasteiger partial charge in [0.15, 0.2) is 0 Å². The first-order valence-electron chi connectivity index (χ1n) is 5.36. The van der Waals surface area contributed by atoms with Gasteiger partial charge in [-0.2, -0.15) is 0 Å². The zero-order chi connectivity index (χ0) is 10.8. The molecule has 86 valence electrons. The Hall–Kier alpha value is -0.160. The lowest BCUT2D eigenvalue weighted by molar-refractivity contribution is -0.104. The summed E-state index contributed by atoms with van der Waals surface area (Å²) in [5, 5.41) is 4.47. The Morgan fingerprint density at radius 1 is 0.857 bits per heavy atom. The predicted molar refractivity (Wildman–Crippen MR) is 58.0 cm³/mol. The smallest absolute Gasteiger partial charge is 0.112 e. The van der Waals surface area contributed by atoms with Crippen LogP contribution in [0.3, 0.4) is 0 Å². The molecular weight excluding hydrogens is 180 g/mol. The maximum Gasteiger partial charge on any atom is 0.112 e. The second kappa shape index (κ2) is 9.40. The van der Waals surface area contributed by atoms with Crippen LogP contribution in [0.5, 0.6) is 0 Å². The van der Waals surface area contributed by atoms with Crippen molar-refractivity contribution in [2.75, 3.05) is 46.7 Å². The molecule has 0 unspecified atom stereocenters. The second-order valence-corrected chi connectivity index (χ2v) is 2.99. The lowest BCUT2D eigenvalue weighted by Crippen LogP contribution is -2.43. The van der Waals surface area contributed by atoms with Crippen molar-refractivity contribution < 1.29 is 9.47 Å². The van der Waals surface area contributed by atoms with E-state index in [-0.39, 0.29) is 0 Å². The van der Waals surface area contributed by atoms with E-state index in [1.54, 1.807) is 7.11 Å². The molecule has 0 N–H and O–H groups in total. The summed E-state index contributed by atoms with van der Waals surface area (Å²) >= 11 is 0. The Balaban J connectivity index is 3.65. The van der Waals surface area contributed by atoms with E-state index in [1.165, 1.54) is 0 Å². The van der Waals surface area contributed by atoms with Gasteiger partial charge in [-0.25, -0.2) is 10.0 Å². The number of hydrogen-bond donors (Lipinski definition) is 0. The number of hydrogen-bond acceptors (Lipinski definition) is 4. The quantitative estimate of drug-likeness (QED) is 0.320. The highest BCUT2D eigenvalue weighted by atomic mass is 16.5. The molecule has 0 bridgehead atoms. The van der Waals surface area contributed by atoms with Gasteiger partial charge in [0.1, 0.15) is 6.73 Å². The summed E-state index contributed by atoms with van der Waals surface area (Å²) in [6, 6.07) is 0. The SMILES string of the molecule is CCN(CC)N(CC)COCCOC. The Morgan fingerprint density at radius 3 is 1.86 bits per heavy atom. The van der Waals surface area contributed by atoms with Gasteiger partial charge < -0.3 is 9.47 Å². The monoisotopic (exact) mass is 204 g/mol. The number of methoxy groups -OCH3 is 1. The second-order valence-electron chi connectivity index (χ2n) is 2.99. The number of ether oxygens (including phenoxy) is 2. The van der Waals surface area contributed by atoms with E-state index in [2.05, 4.69) is 30.8 Å². The predicted octanol–water partition coefficient (Wildman–Crippen LogP) is 1.19. The van der Waals surface area contributed by atoms with Crippen LogP contribution in [0.15, 0.2) is 0 Å². The van der Waals surface area contributed by atoms with Gasteiger partial charge in [0, 0.05) is 26.7 Å². The molecule has 0 heterocycles. The Kier molecular flexibility index (Phi) is 9.29. The Morgan fingerprint density at radius 2 is 1.43 bits per heavy atom. The Bertz CT molecular complexity index is 119. The summed E-state index contributed by atoms with van der Waals surface area (Å²) in [5.41, 5.74) is 0. The maximum atomic E-state index is 5.47. The summed E-state index contributed by atoms with van der Waals surface area (Å²) < 4.78 is 10.4. The summed E-state index contributed by atoms with van der Waals surface area (Å²) in [7, 11) is 1.69. The molecule has 0 spiro atoms. The van der Waals surface area contributed by atoms with Gasteiger partial charge in [0.2, 0.25) is 0 Å². The molecule has 0 rings (SSSR count). The first-order chi connectivity index (χ1) is 6.79. The van der Waals surface area contributed by atoms with Crippen LogP contribution >= 0.6 is 0 Å². The molecule has 0 radical (unpaired) electrons. The molecule has 0 amide bonds. The molecular formula is C10H24N2O2. The fraction of sp³-hybridized carbons (Fsp3) is 1.00. The molecule has 0 saturated carbocycles. The molecule has 0 saturated heterocycles. The molecule has 4 heteroatoms. The lowest BCUT2D eigenvalue weighted by atomic mass is 10.6. The Labute approximate surface area is 87.7 Å². The largest absolute Gasteiger partial charge is 0.382 e. The van der Waals surface area contributed by atoms with Crippen molar-refractivity contribution >= 4 is 0 Å². The van der Waals surface area contributed by atoms with Crippen molar-refractivity contribution in [2.45, 2.75) is 20.8 Å². The van der Waals surface area contributed by atoms with E-state index in [0.717, 1.165) is 19.6 Å². The zero-order valence-electron chi connectivity index (χ0n) is 9.95. The molecule has 0 aliphatic rings. The first kappa shape index (κ1) is 13.8. The minimum absolute atomic E-state index is 0.654. The van der Waals surface area contributed by atoms with Gasteiger partial charge in [0.25, 0.3) is 0 Å². The van der Waals surface area contributed by atoms with Crippen LogP contribution in [-0.4, -0.2) is 56.7 Å². The van der Waals surface area contributed by atoms with Crippen LogP contribution in [0.25, 0.3) is 0 Å². The van der Waals surface area contributed by atoms with Crippen molar-refractivity contribution in [3.8, 4) is 0 Å². The molecule has 0 fully saturated rings. The summed E-state index contributed by atoms with van der Waals surface area (Å²) in [6.45, 7) is 11.5. The summed E-state index contributed by atoms with van der Waals surface area (Å²) in [5.74, 6) is 0. The van der Waals surface area contributed by atoms with Gasteiger partial charge in [-0.05, 0) is 0 Å². The highest BCUT2D eigenvalue weighted by Gasteiger charge is 2.08. The molecule has 0 aromatic rings. The number of nitrogens with zero attached hydrogens (tertiary/aromatic N) is 2. The minimum atomic E-state index is 0.654. The van der Waals surface area contributed by atoms with E-state index in [9.17, 15) is 0 Å². The van der Waals surface area contributed by atoms with Gasteiger partial charge >= 0.3 is 0 Å². The standard InChI is InChI=1S/C10H24N2O2/c1-5-11(6-2)12(7-3)10-14-9-8-13-4/h5-10H2,1-4H3. The fourth-order valence-corrected chi connectivity index (χ4v) is 1.31. The average Bonchev–Trinajstić information content (AvgIpc) is 2.23. The van der Waals surface area contributed by atoms with E-state index in [4.69, 9.17) is 9.47 Å². The number of hydrazine groups is 1. The van der Waals surface area contributed by atoms with Crippen LogP contribution < -0.4 is 0 Å². The van der Waals surface area contributed by atoms with Gasteiger partial charge in [-0.15, -0.1) is 0 Å². The van der Waals surface area contributed by atoms with Crippen LogP contribution in [-0.2, 0) is 9.47 Å². The van der Waals surface area contributed by atoms with Crippen molar-refractivity contribution in [3.63, 3.8) is 0 Å². The maximum absolute atomic E-state index is 5.47. The third kappa shape index (κ3) is 5.54. The summed E-state index contributed by atoms with van der Waals surface area (Å²) in [6.07, 6.45) is 0. The summed E-state index contributed by atoms with van der Waals surface area (Å²) in [4.78, 5) is 0. The third-order valence-corrected chi connectivity index (χ3v) is 2.17. The number of rotatable bonds is 9. The van der Waals surface area contributed by atoms with Crippen LogP contribution in [0.1, 0.15) is 20.8 Å². The van der Waals surface area contributed by atoms with Crippen molar-refractivity contribution in [3.05, 3.63) is 0 Å². The van der Waals surface area contributed by atoms with Crippen LogP contribution in [0.4, 0.5) is 0 Å². The third-order valence-electron chi connectivity index (χ3n) is 2.17. The molecule has 14 heavy (non-hydrogen) atoms. The van der Waals surface area contributed by atoms with E-state index in [1.807, 2.05) is 0 Å². The van der Waals surface area contributed by atoms with Crippen LogP contribution in [0.2, 0.25) is 0 Å². The highest BCUT2D eigenvalue weighted by molar-refractivity contribution is 4.48. The van der Waals surface area contributed by atoms with Gasteiger partial charge in [-0.3, -0.25) is 0 Å².